The molecule has 0 fully saturated rings. The van der Waals surface area contributed by atoms with Crippen LogP contribution in [-0.2, 0) is 5.41 Å². The molecule has 9 aromatic carbocycles. The number of anilines is 3. The highest BCUT2D eigenvalue weighted by Gasteiger charge is 2.36. The standard InChI is InChI=1S/C57H37NO2S/c1-57(2)47-20-9-6-15-40(47)41-29-27-37(31-48(41)57)58(36-25-23-34(24-26-36)39-18-12-19-44-43-16-8-11-22-52(43)61-56(39)44)38-28-30-42-46-33-51-54(45-17-7-10-21-49(45)59-51)53(35-13-4-3-5-14-35)55(46)60-50(42)32-38/h3-33H,1-2H3. The summed E-state index contributed by atoms with van der Waals surface area (Å²) in [7, 11) is 0. The summed E-state index contributed by atoms with van der Waals surface area (Å²) in [4.78, 5) is 2.38. The van der Waals surface area contributed by atoms with Crippen molar-refractivity contribution in [3.8, 4) is 33.4 Å². The van der Waals surface area contributed by atoms with Crippen LogP contribution < -0.4 is 4.90 Å². The number of benzene rings is 9. The van der Waals surface area contributed by atoms with Crippen LogP contribution in [0.4, 0.5) is 17.1 Å². The van der Waals surface area contributed by atoms with Crippen molar-refractivity contribution in [1.82, 2.24) is 0 Å². The summed E-state index contributed by atoms with van der Waals surface area (Å²) in [5, 5.41) is 6.86. The SMILES string of the molecule is CC1(C)c2ccccc2-c2ccc(N(c3ccc(-c4cccc5c4sc4ccccc45)cc3)c3ccc4c(c3)oc3c(-c5ccccc5)c5c(cc34)oc3ccccc35)cc21. The predicted molar refractivity (Wildman–Crippen MR) is 257 cm³/mol. The Morgan fingerprint density at radius 2 is 1.11 bits per heavy atom. The molecule has 0 bridgehead atoms. The summed E-state index contributed by atoms with van der Waals surface area (Å²) in [5.74, 6) is 0. The van der Waals surface area contributed by atoms with Gasteiger partial charge in [0, 0.05) is 75.8 Å². The molecule has 288 valence electrons. The first-order valence-electron chi connectivity index (χ1n) is 20.9. The normalized spacial score (nSPS) is 13.2. The molecule has 3 heterocycles. The number of nitrogens with zero attached hydrogens (tertiary/aromatic N) is 1. The lowest BCUT2D eigenvalue weighted by Crippen LogP contribution is -2.16. The van der Waals surface area contributed by atoms with Crippen LogP contribution in [0.15, 0.2) is 197 Å². The Bertz CT molecular complexity index is 3740. The molecule has 12 aromatic rings. The average molecular weight is 800 g/mol. The van der Waals surface area contributed by atoms with E-state index >= 15 is 0 Å². The van der Waals surface area contributed by atoms with Crippen molar-refractivity contribution in [2.45, 2.75) is 19.3 Å². The molecular weight excluding hydrogens is 763 g/mol. The zero-order valence-corrected chi connectivity index (χ0v) is 34.4. The Morgan fingerprint density at radius 1 is 0.426 bits per heavy atom. The molecule has 0 amide bonds. The number of fused-ring (bicyclic) bond motifs is 12. The molecule has 1 aliphatic carbocycles. The second kappa shape index (κ2) is 12.8. The lowest BCUT2D eigenvalue weighted by atomic mass is 9.82. The summed E-state index contributed by atoms with van der Waals surface area (Å²) in [5.41, 5.74) is 16.4. The second-order valence-corrected chi connectivity index (χ2v) is 17.9. The minimum Gasteiger partial charge on any atom is -0.456 e. The van der Waals surface area contributed by atoms with Gasteiger partial charge >= 0.3 is 0 Å². The molecule has 3 nitrogen and oxygen atoms in total. The highest BCUT2D eigenvalue weighted by atomic mass is 32.1. The largest absolute Gasteiger partial charge is 0.456 e. The van der Waals surface area contributed by atoms with Crippen LogP contribution in [0.5, 0.6) is 0 Å². The third-order valence-electron chi connectivity index (χ3n) is 13.1. The maximum absolute atomic E-state index is 7.05. The van der Waals surface area contributed by atoms with Gasteiger partial charge < -0.3 is 13.7 Å². The van der Waals surface area contributed by atoms with Gasteiger partial charge in [-0.1, -0.05) is 141 Å². The minimum absolute atomic E-state index is 0.141. The van der Waals surface area contributed by atoms with Gasteiger partial charge in [0.2, 0.25) is 0 Å². The van der Waals surface area contributed by atoms with Crippen LogP contribution in [0, 0.1) is 0 Å². The molecule has 0 spiro atoms. The van der Waals surface area contributed by atoms with Crippen LogP contribution in [0.1, 0.15) is 25.0 Å². The van der Waals surface area contributed by atoms with Crippen LogP contribution in [0.2, 0.25) is 0 Å². The van der Waals surface area contributed by atoms with E-state index in [1.54, 1.807) is 0 Å². The van der Waals surface area contributed by atoms with Crippen LogP contribution >= 0.6 is 11.3 Å². The topological polar surface area (TPSA) is 29.5 Å². The third-order valence-corrected chi connectivity index (χ3v) is 14.3. The molecule has 1 aliphatic rings. The van der Waals surface area contributed by atoms with Crippen molar-refractivity contribution in [1.29, 1.82) is 0 Å². The first kappa shape index (κ1) is 34.5. The smallest absolute Gasteiger partial charge is 0.144 e. The molecule has 0 aliphatic heterocycles. The van der Waals surface area contributed by atoms with Crippen molar-refractivity contribution >= 4 is 92.4 Å². The van der Waals surface area contributed by atoms with Crippen molar-refractivity contribution in [3.63, 3.8) is 0 Å². The fraction of sp³-hybridized carbons (Fsp3) is 0.0526. The molecule has 0 N–H and O–H groups in total. The molecule has 0 atom stereocenters. The van der Waals surface area contributed by atoms with E-state index in [1.807, 2.05) is 23.5 Å². The van der Waals surface area contributed by atoms with Gasteiger partial charge in [-0.25, -0.2) is 0 Å². The first-order chi connectivity index (χ1) is 30.0. The van der Waals surface area contributed by atoms with Crippen LogP contribution in [0.3, 0.4) is 0 Å². The van der Waals surface area contributed by atoms with Gasteiger partial charge in [-0.2, -0.15) is 0 Å². The maximum Gasteiger partial charge on any atom is 0.144 e. The molecule has 0 saturated carbocycles. The average Bonchev–Trinajstić information content (AvgIpc) is 4.04. The lowest BCUT2D eigenvalue weighted by Gasteiger charge is -2.28. The van der Waals surface area contributed by atoms with Gasteiger partial charge in [0.15, 0.2) is 0 Å². The summed E-state index contributed by atoms with van der Waals surface area (Å²) in [6.07, 6.45) is 0. The number of hydrogen-bond donors (Lipinski definition) is 0. The van der Waals surface area contributed by atoms with Crippen LogP contribution in [-0.4, -0.2) is 0 Å². The van der Waals surface area contributed by atoms with Gasteiger partial charge in [0.1, 0.15) is 22.3 Å². The Kier molecular flexibility index (Phi) is 7.23. The van der Waals surface area contributed by atoms with Crippen molar-refractivity contribution < 1.29 is 8.83 Å². The summed E-state index contributed by atoms with van der Waals surface area (Å²) in [6, 6.07) is 68.0. The Labute approximate surface area is 356 Å². The van der Waals surface area contributed by atoms with Gasteiger partial charge in [0.25, 0.3) is 0 Å². The Hall–Kier alpha value is -7.40. The quantitative estimate of drug-likeness (QED) is 0.174. The Morgan fingerprint density at radius 3 is 2.00 bits per heavy atom. The summed E-state index contributed by atoms with van der Waals surface area (Å²) in [6.45, 7) is 4.69. The highest BCUT2D eigenvalue weighted by Crippen LogP contribution is 2.52. The van der Waals surface area contributed by atoms with E-state index in [2.05, 4.69) is 195 Å². The number of thiophene rings is 1. The molecule has 0 saturated heterocycles. The number of furan rings is 2. The van der Waals surface area contributed by atoms with Crippen molar-refractivity contribution in [2.24, 2.45) is 0 Å². The van der Waals surface area contributed by atoms with Gasteiger partial charge in [-0.05, 0) is 93.5 Å². The van der Waals surface area contributed by atoms with E-state index in [-0.39, 0.29) is 5.41 Å². The second-order valence-electron chi connectivity index (χ2n) is 16.8. The van der Waals surface area contributed by atoms with E-state index in [1.165, 1.54) is 53.6 Å². The molecule has 13 rings (SSSR count). The lowest BCUT2D eigenvalue weighted by molar-refractivity contribution is 0.660. The molecule has 3 aromatic heterocycles. The summed E-state index contributed by atoms with van der Waals surface area (Å²) >= 11 is 1.87. The Balaban J connectivity index is 1.01. The zero-order chi connectivity index (χ0) is 40.4. The molecule has 0 unspecified atom stereocenters. The summed E-state index contributed by atoms with van der Waals surface area (Å²) < 4.78 is 16.2. The van der Waals surface area contributed by atoms with E-state index in [4.69, 9.17) is 8.83 Å². The fourth-order valence-corrected chi connectivity index (χ4v) is 11.4. The van der Waals surface area contributed by atoms with Crippen LogP contribution in [0.25, 0.3) is 97.4 Å². The zero-order valence-electron chi connectivity index (χ0n) is 33.6. The number of rotatable bonds is 5. The van der Waals surface area contributed by atoms with E-state index < -0.39 is 0 Å². The molecular formula is C57H37NO2S. The third kappa shape index (κ3) is 5.03. The van der Waals surface area contributed by atoms with Crippen molar-refractivity contribution in [2.75, 3.05) is 4.90 Å². The predicted octanol–water partition coefficient (Wildman–Crippen LogP) is 17.0. The van der Waals surface area contributed by atoms with Gasteiger partial charge in [0.05, 0.1) is 0 Å². The van der Waals surface area contributed by atoms with E-state index in [9.17, 15) is 0 Å². The minimum atomic E-state index is -0.141. The number of hydrogen-bond acceptors (Lipinski definition) is 4. The fourth-order valence-electron chi connectivity index (χ4n) is 10.2. The van der Waals surface area contributed by atoms with Crippen molar-refractivity contribution in [3.05, 3.63) is 199 Å². The highest BCUT2D eigenvalue weighted by molar-refractivity contribution is 7.26. The number of para-hydroxylation sites is 1. The van der Waals surface area contributed by atoms with Gasteiger partial charge in [-0.3, -0.25) is 0 Å². The van der Waals surface area contributed by atoms with Gasteiger partial charge in [-0.15, -0.1) is 11.3 Å². The first-order valence-corrected chi connectivity index (χ1v) is 21.7. The monoisotopic (exact) mass is 799 g/mol. The maximum atomic E-state index is 7.05. The molecule has 61 heavy (non-hydrogen) atoms. The molecule has 4 heteroatoms. The molecule has 0 radical (unpaired) electrons. The van der Waals surface area contributed by atoms with E-state index in [0.717, 1.165) is 72.1 Å². The van der Waals surface area contributed by atoms with E-state index in [0.29, 0.717) is 0 Å².